The Morgan fingerprint density at radius 1 is 0.759 bits per heavy atom. The number of fused-ring (bicyclic) bond motifs is 1. The summed E-state index contributed by atoms with van der Waals surface area (Å²) in [7, 11) is 0. The highest BCUT2D eigenvalue weighted by molar-refractivity contribution is 5.90. The smallest absolute Gasteiger partial charge is 0.0497 e. The van der Waals surface area contributed by atoms with E-state index in [4.69, 9.17) is 0 Å². The number of hydrogen-bond donors (Lipinski definition) is 1. The van der Waals surface area contributed by atoms with Gasteiger partial charge in [0.15, 0.2) is 0 Å². The maximum Gasteiger partial charge on any atom is 0.0497 e. The van der Waals surface area contributed by atoms with E-state index >= 15 is 0 Å². The number of likely N-dealkylation sites (tertiary alicyclic amines) is 1. The molecule has 0 atom stereocenters. The van der Waals surface area contributed by atoms with Gasteiger partial charge in [0.2, 0.25) is 0 Å². The lowest BCUT2D eigenvalue weighted by Crippen LogP contribution is -2.34. The second-order valence-corrected chi connectivity index (χ2v) is 8.17. The van der Waals surface area contributed by atoms with Gasteiger partial charge in [0.1, 0.15) is 0 Å². The Labute approximate surface area is 173 Å². The third-order valence-electron chi connectivity index (χ3n) is 6.41. The predicted octanol–water partition coefficient (Wildman–Crippen LogP) is 6.26. The van der Waals surface area contributed by atoms with E-state index < -0.39 is 0 Å². The first-order chi connectivity index (χ1) is 14.4. The van der Waals surface area contributed by atoms with Gasteiger partial charge in [-0.1, -0.05) is 78.9 Å². The first kappa shape index (κ1) is 18.2. The molecule has 2 nitrogen and oxygen atoms in total. The quantitative estimate of drug-likeness (QED) is 0.433. The molecule has 0 bridgehead atoms. The molecule has 146 valence electrons. The van der Waals surface area contributed by atoms with Crippen LogP contribution in [0.5, 0.6) is 0 Å². The molecule has 5 rings (SSSR count). The summed E-state index contributed by atoms with van der Waals surface area (Å²) in [4.78, 5) is 6.33. The van der Waals surface area contributed by atoms with Crippen LogP contribution in [0.15, 0.2) is 84.9 Å². The van der Waals surface area contributed by atoms with Crippen molar-refractivity contribution >= 4 is 10.9 Å². The molecule has 0 amide bonds. The van der Waals surface area contributed by atoms with Gasteiger partial charge in [-0.15, -0.1) is 0 Å². The summed E-state index contributed by atoms with van der Waals surface area (Å²) in [6, 6.07) is 30.5. The predicted molar refractivity (Wildman–Crippen MR) is 122 cm³/mol. The van der Waals surface area contributed by atoms with Crippen LogP contribution in [0.2, 0.25) is 0 Å². The Balaban J connectivity index is 1.31. The second-order valence-electron chi connectivity index (χ2n) is 8.17. The van der Waals surface area contributed by atoms with Crippen LogP contribution in [0.25, 0.3) is 22.2 Å². The summed E-state index contributed by atoms with van der Waals surface area (Å²) in [6.07, 6.45) is 3.62. The molecule has 4 aromatic rings. The molecule has 0 spiro atoms. The number of benzene rings is 3. The Kier molecular flexibility index (Phi) is 5.19. The minimum Gasteiger partial charge on any atom is -0.354 e. The Morgan fingerprint density at radius 3 is 2.17 bits per heavy atom. The highest BCUT2D eigenvalue weighted by Gasteiger charge is 2.21. The van der Waals surface area contributed by atoms with Crippen LogP contribution < -0.4 is 0 Å². The average molecular weight is 381 g/mol. The van der Waals surface area contributed by atoms with Crippen LogP contribution in [0.4, 0.5) is 0 Å². The van der Waals surface area contributed by atoms with Crippen molar-refractivity contribution < 1.29 is 0 Å². The number of para-hydroxylation sites is 1. The minimum absolute atomic E-state index is 0.723. The normalized spacial score (nSPS) is 15.7. The standard InChI is InChI=1S/C27H28N2/c1-3-9-21(10-4-1)22-15-18-29(19-16-22)20-17-25-24-13-7-8-14-26(24)28-27(25)23-11-5-2-6-12-23/h1-14,22,28H,15-20H2. The van der Waals surface area contributed by atoms with Crippen molar-refractivity contribution in [1.29, 1.82) is 0 Å². The van der Waals surface area contributed by atoms with Gasteiger partial charge in [-0.2, -0.15) is 0 Å². The molecule has 1 aromatic heterocycles. The van der Waals surface area contributed by atoms with Crippen molar-refractivity contribution in [3.63, 3.8) is 0 Å². The number of rotatable bonds is 5. The van der Waals surface area contributed by atoms with Gasteiger partial charge in [-0.25, -0.2) is 0 Å². The molecular formula is C27H28N2. The van der Waals surface area contributed by atoms with Crippen LogP contribution in [0, 0.1) is 0 Å². The second kappa shape index (κ2) is 8.26. The topological polar surface area (TPSA) is 19.0 Å². The summed E-state index contributed by atoms with van der Waals surface area (Å²) in [6.45, 7) is 3.52. The Hall–Kier alpha value is -2.84. The number of piperidine rings is 1. The highest BCUT2D eigenvalue weighted by Crippen LogP contribution is 2.32. The molecule has 0 unspecified atom stereocenters. The van der Waals surface area contributed by atoms with Gasteiger partial charge >= 0.3 is 0 Å². The maximum absolute atomic E-state index is 3.68. The highest BCUT2D eigenvalue weighted by atomic mass is 15.1. The number of nitrogens with one attached hydrogen (secondary N) is 1. The molecule has 0 aliphatic carbocycles. The van der Waals surface area contributed by atoms with E-state index in [1.807, 2.05) is 0 Å². The van der Waals surface area contributed by atoms with Crippen molar-refractivity contribution in [1.82, 2.24) is 9.88 Å². The lowest BCUT2D eigenvalue weighted by atomic mass is 9.89. The van der Waals surface area contributed by atoms with Crippen LogP contribution in [0.1, 0.15) is 29.9 Å². The van der Waals surface area contributed by atoms with Crippen molar-refractivity contribution in [2.75, 3.05) is 19.6 Å². The molecule has 0 saturated carbocycles. The third-order valence-corrected chi connectivity index (χ3v) is 6.41. The van der Waals surface area contributed by atoms with E-state index in [-0.39, 0.29) is 0 Å². The maximum atomic E-state index is 3.68. The fraction of sp³-hybridized carbons (Fsp3) is 0.259. The number of H-pyrrole nitrogens is 1. The third kappa shape index (κ3) is 3.86. The van der Waals surface area contributed by atoms with Crippen LogP contribution >= 0.6 is 0 Å². The molecular weight excluding hydrogens is 352 g/mol. The number of hydrogen-bond acceptors (Lipinski definition) is 1. The van der Waals surface area contributed by atoms with E-state index in [0.717, 1.165) is 18.9 Å². The summed E-state index contributed by atoms with van der Waals surface area (Å²) in [5.74, 6) is 0.723. The fourth-order valence-corrected chi connectivity index (χ4v) is 4.80. The van der Waals surface area contributed by atoms with Gasteiger partial charge in [0, 0.05) is 23.1 Å². The van der Waals surface area contributed by atoms with Crippen LogP contribution in [-0.4, -0.2) is 29.5 Å². The number of aromatic nitrogens is 1. The summed E-state index contributed by atoms with van der Waals surface area (Å²) in [5.41, 5.74) is 6.77. The number of aromatic amines is 1. The fourth-order valence-electron chi connectivity index (χ4n) is 4.80. The van der Waals surface area contributed by atoms with Crippen molar-refractivity contribution in [3.8, 4) is 11.3 Å². The summed E-state index contributed by atoms with van der Waals surface area (Å²) in [5, 5.41) is 1.37. The van der Waals surface area contributed by atoms with Crippen molar-refractivity contribution in [2.24, 2.45) is 0 Å². The van der Waals surface area contributed by atoms with E-state index in [9.17, 15) is 0 Å². The molecule has 29 heavy (non-hydrogen) atoms. The molecule has 0 radical (unpaired) electrons. The molecule has 1 aliphatic rings. The van der Waals surface area contributed by atoms with Crippen molar-refractivity contribution in [2.45, 2.75) is 25.2 Å². The Morgan fingerprint density at radius 2 is 1.41 bits per heavy atom. The molecule has 1 aliphatic heterocycles. The van der Waals surface area contributed by atoms with Crippen LogP contribution in [-0.2, 0) is 6.42 Å². The van der Waals surface area contributed by atoms with E-state index in [2.05, 4.69) is 94.8 Å². The number of nitrogens with zero attached hydrogens (tertiary/aromatic N) is 1. The van der Waals surface area contributed by atoms with Gasteiger partial charge in [-0.05, 0) is 61.0 Å². The molecule has 1 fully saturated rings. The van der Waals surface area contributed by atoms with E-state index in [1.165, 1.54) is 59.2 Å². The van der Waals surface area contributed by atoms with Crippen LogP contribution in [0.3, 0.4) is 0 Å². The zero-order valence-electron chi connectivity index (χ0n) is 16.9. The lowest BCUT2D eigenvalue weighted by Gasteiger charge is -2.32. The monoisotopic (exact) mass is 380 g/mol. The molecule has 1 saturated heterocycles. The average Bonchev–Trinajstić information content (AvgIpc) is 3.18. The lowest BCUT2D eigenvalue weighted by molar-refractivity contribution is 0.215. The Bertz CT molecular complexity index is 1060. The molecule has 2 heterocycles. The zero-order chi connectivity index (χ0) is 19.5. The van der Waals surface area contributed by atoms with Gasteiger partial charge < -0.3 is 9.88 Å². The van der Waals surface area contributed by atoms with E-state index in [1.54, 1.807) is 0 Å². The SMILES string of the molecule is c1ccc(-c2[nH]c3ccccc3c2CCN2CCC(c3ccccc3)CC2)cc1. The summed E-state index contributed by atoms with van der Waals surface area (Å²) >= 11 is 0. The minimum atomic E-state index is 0.723. The van der Waals surface area contributed by atoms with Gasteiger partial charge in [-0.3, -0.25) is 0 Å². The van der Waals surface area contributed by atoms with E-state index in [0.29, 0.717) is 0 Å². The zero-order valence-corrected chi connectivity index (χ0v) is 16.9. The summed E-state index contributed by atoms with van der Waals surface area (Å²) < 4.78 is 0. The first-order valence-corrected chi connectivity index (χ1v) is 10.8. The molecule has 3 aromatic carbocycles. The molecule has 2 heteroatoms. The van der Waals surface area contributed by atoms with Gasteiger partial charge in [0.25, 0.3) is 0 Å². The first-order valence-electron chi connectivity index (χ1n) is 10.8. The van der Waals surface area contributed by atoms with Crippen molar-refractivity contribution in [3.05, 3.63) is 96.1 Å². The molecule has 1 N–H and O–H groups in total. The van der Waals surface area contributed by atoms with Gasteiger partial charge in [0.05, 0.1) is 0 Å². The largest absolute Gasteiger partial charge is 0.354 e.